The fourth-order valence-corrected chi connectivity index (χ4v) is 0.372. The monoisotopic (exact) mass is 161 g/mol. The summed E-state index contributed by atoms with van der Waals surface area (Å²) in [6, 6.07) is 0. The minimum atomic E-state index is -1.55. The van der Waals surface area contributed by atoms with E-state index in [4.69, 9.17) is 10.2 Å². The van der Waals surface area contributed by atoms with E-state index in [1.807, 2.05) is 5.32 Å². The number of carboxylic acid groups (broad SMARTS) is 1. The Bertz CT molecular complexity index is 170. The van der Waals surface area contributed by atoms with Gasteiger partial charge in [0.25, 0.3) is 0 Å². The van der Waals surface area contributed by atoms with Gasteiger partial charge in [0.1, 0.15) is 0 Å². The van der Waals surface area contributed by atoms with Gasteiger partial charge in [-0.3, -0.25) is 4.79 Å². The molecular weight excluding hydrogens is 150 g/mol. The molecule has 0 aliphatic rings. The van der Waals surface area contributed by atoms with Crippen molar-refractivity contribution >= 4 is 11.9 Å². The molecule has 0 spiro atoms. The second kappa shape index (κ2) is 3.34. The van der Waals surface area contributed by atoms with Crippen LogP contribution >= 0.6 is 0 Å². The lowest BCUT2D eigenvalue weighted by molar-refractivity contribution is -0.150. The molecule has 0 aromatic carbocycles. The van der Waals surface area contributed by atoms with E-state index in [-0.39, 0.29) is 6.54 Å². The van der Waals surface area contributed by atoms with Crippen LogP contribution in [0.5, 0.6) is 0 Å². The van der Waals surface area contributed by atoms with E-state index in [1.54, 1.807) is 0 Å². The zero-order valence-electron chi connectivity index (χ0n) is 6.42. The van der Waals surface area contributed by atoms with Gasteiger partial charge < -0.3 is 15.5 Å². The minimum absolute atomic E-state index is 0.0713. The highest BCUT2D eigenvalue weighted by Gasteiger charge is 2.16. The SMILES string of the molecule is CC(C)(O)CNC(=O)C(=O)O. The van der Waals surface area contributed by atoms with E-state index in [9.17, 15) is 9.59 Å². The van der Waals surface area contributed by atoms with Gasteiger partial charge in [-0.1, -0.05) is 0 Å². The maximum atomic E-state index is 10.4. The number of hydrogen-bond acceptors (Lipinski definition) is 3. The lowest BCUT2D eigenvalue weighted by atomic mass is 10.1. The van der Waals surface area contributed by atoms with E-state index in [1.165, 1.54) is 13.8 Å². The van der Waals surface area contributed by atoms with E-state index in [2.05, 4.69) is 0 Å². The highest BCUT2D eigenvalue weighted by Crippen LogP contribution is 1.96. The van der Waals surface area contributed by atoms with E-state index in [0.29, 0.717) is 0 Å². The fourth-order valence-electron chi connectivity index (χ4n) is 0.372. The molecule has 0 aromatic heterocycles. The number of aliphatic carboxylic acids is 1. The molecule has 1 amide bonds. The molecule has 0 saturated carbocycles. The van der Waals surface area contributed by atoms with E-state index >= 15 is 0 Å². The molecule has 0 atom stereocenters. The number of carbonyl (C=O) groups excluding carboxylic acids is 1. The third-order valence-electron chi connectivity index (χ3n) is 0.876. The molecule has 0 saturated heterocycles. The van der Waals surface area contributed by atoms with Crippen LogP contribution in [0.1, 0.15) is 13.8 Å². The van der Waals surface area contributed by atoms with Crippen LogP contribution in [0.15, 0.2) is 0 Å². The standard InChI is InChI=1S/C6H11NO4/c1-6(2,11)3-7-4(8)5(9)10/h11H,3H2,1-2H3,(H,7,8)(H,9,10). The first-order valence-corrected chi connectivity index (χ1v) is 3.06. The second-order valence-corrected chi connectivity index (χ2v) is 2.80. The Morgan fingerprint density at radius 2 is 1.91 bits per heavy atom. The van der Waals surface area contributed by atoms with Gasteiger partial charge in [-0.25, -0.2) is 4.79 Å². The first-order valence-electron chi connectivity index (χ1n) is 3.06. The van der Waals surface area contributed by atoms with E-state index in [0.717, 1.165) is 0 Å². The smallest absolute Gasteiger partial charge is 0.394 e. The maximum absolute atomic E-state index is 10.4. The lowest BCUT2D eigenvalue weighted by Gasteiger charge is -2.16. The maximum Gasteiger partial charge on any atom is 0.394 e. The van der Waals surface area contributed by atoms with E-state index < -0.39 is 17.5 Å². The average Bonchev–Trinajstić information content (AvgIpc) is 1.80. The van der Waals surface area contributed by atoms with Crippen LogP contribution in [0.2, 0.25) is 0 Å². The molecule has 3 N–H and O–H groups in total. The lowest BCUT2D eigenvalue weighted by Crippen LogP contribution is -2.41. The second-order valence-electron chi connectivity index (χ2n) is 2.80. The number of aliphatic hydroxyl groups is 1. The summed E-state index contributed by atoms with van der Waals surface area (Å²) in [6.07, 6.45) is 0. The Kier molecular flexibility index (Phi) is 3.00. The van der Waals surface area contributed by atoms with Gasteiger partial charge in [-0.05, 0) is 13.8 Å². The topological polar surface area (TPSA) is 86.6 Å². The van der Waals surface area contributed by atoms with Crippen molar-refractivity contribution in [1.82, 2.24) is 5.32 Å². The Morgan fingerprint density at radius 1 is 1.45 bits per heavy atom. The molecule has 0 heterocycles. The highest BCUT2D eigenvalue weighted by molar-refractivity contribution is 6.31. The first-order chi connectivity index (χ1) is 4.83. The Morgan fingerprint density at radius 3 is 2.18 bits per heavy atom. The summed E-state index contributed by atoms with van der Waals surface area (Å²) < 4.78 is 0. The largest absolute Gasteiger partial charge is 0.474 e. The number of nitrogens with one attached hydrogen (secondary N) is 1. The summed E-state index contributed by atoms with van der Waals surface area (Å²) in [6.45, 7) is 2.86. The molecule has 0 radical (unpaired) electrons. The van der Waals surface area contributed by atoms with Crippen molar-refractivity contribution in [2.24, 2.45) is 0 Å². The van der Waals surface area contributed by atoms with Crippen LogP contribution in [0, 0.1) is 0 Å². The van der Waals surface area contributed by atoms with Crippen LogP contribution in [0.4, 0.5) is 0 Å². The van der Waals surface area contributed by atoms with Gasteiger partial charge in [-0.2, -0.15) is 0 Å². The van der Waals surface area contributed by atoms with Crippen molar-refractivity contribution in [2.45, 2.75) is 19.4 Å². The number of hydrogen-bond donors (Lipinski definition) is 3. The van der Waals surface area contributed by atoms with Crippen molar-refractivity contribution in [3.8, 4) is 0 Å². The van der Waals surface area contributed by atoms with Crippen LogP contribution in [0.25, 0.3) is 0 Å². The zero-order valence-corrected chi connectivity index (χ0v) is 6.42. The molecule has 0 aliphatic heterocycles. The molecule has 11 heavy (non-hydrogen) atoms. The average molecular weight is 161 g/mol. The number of carboxylic acids is 1. The summed E-state index contributed by atoms with van der Waals surface area (Å²) in [7, 11) is 0. The predicted octanol–water partition coefficient (Wildman–Crippen LogP) is -1.04. The van der Waals surface area contributed by atoms with Crippen molar-refractivity contribution in [1.29, 1.82) is 0 Å². The van der Waals surface area contributed by atoms with Gasteiger partial charge in [-0.15, -0.1) is 0 Å². The molecule has 0 rings (SSSR count). The van der Waals surface area contributed by atoms with Gasteiger partial charge in [0.05, 0.1) is 5.60 Å². The highest BCUT2D eigenvalue weighted by atomic mass is 16.4. The van der Waals surface area contributed by atoms with Crippen LogP contribution < -0.4 is 5.32 Å². The summed E-state index contributed by atoms with van der Waals surface area (Å²) in [5.41, 5.74) is -1.08. The molecule has 0 unspecified atom stereocenters. The predicted molar refractivity (Wildman–Crippen MR) is 36.9 cm³/mol. The third-order valence-corrected chi connectivity index (χ3v) is 0.876. The first kappa shape index (κ1) is 9.90. The van der Waals surface area contributed by atoms with Gasteiger partial charge in [0.2, 0.25) is 0 Å². The number of rotatable bonds is 2. The van der Waals surface area contributed by atoms with Crippen LogP contribution in [-0.2, 0) is 9.59 Å². The molecule has 0 bridgehead atoms. The van der Waals surface area contributed by atoms with Crippen molar-refractivity contribution < 1.29 is 19.8 Å². The summed E-state index contributed by atoms with van der Waals surface area (Å²) in [5.74, 6) is -2.65. The van der Waals surface area contributed by atoms with Crippen molar-refractivity contribution in [3.05, 3.63) is 0 Å². The molecule has 0 aliphatic carbocycles. The third kappa shape index (κ3) is 5.35. The quantitative estimate of drug-likeness (QED) is 0.451. The van der Waals surface area contributed by atoms with Crippen LogP contribution in [0.3, 0.4) is 0 Å². The normalized spacial score (nSPS) is 10.8. The summed E-state index contributed by atoms with van der Waals surface area (Å²) in [5, 5.41) is 19.2. The molecule has 5 nitrogen and oxygen atoms in total. The Labute approximate surface area is 64.0 Å². The van der Waals surface area contributed by atoms with Crippen molar-refractivity contribution in [3.63, 3.8) is 0 Å². The van der Waals surface area contributed by atoms with Gasteiger partial charge in [0, 0.05) is 6.54 Å². The molecule has 64 valence electrons. The summed E-state index contributed by atoms with van der Waals surface area (Å²) >= 11 is 0. The van der Waals surface area contributed by atoms with Crippen LogP contribution in [-0.4, -0.2) is 34.2 Å². The zero-order chi connectivity index (χ0) is 9.07. The fraction of sp³-hybridized carbons (Fsp3) is 0.667. The van der Waals surface area contributed by atoms with Gasteiger partial charge >= 0.3 is 11.9 Å². The summed E-state index contributed by atoms with van der Waals surface area (Å²) in [4.78, 5) is 20.3. The van der Waals surface area contributed by atoms with Gasteiger partial charge in [0.15, 0.2) is 0 Å². The van der Waals surface area contributed by atoms with Crippen molar-refractivity contribution in [2.75, 3.05) is 6.54 Å². The number of carbonyl (C=O) groups is 2. The molecule has 5 heteroatoms. The molecular formula is C6H11NO4. The number of amides is 1. The molecule has 0 aromatic rings. The molecule has 0 fully saturated rings. The Hall–Kier alpha value is -1.10. The Balaban J connectivity index is 3.73. The minimum Gasteiger partial charge on any atom is -0.474 e.